The molecule has 40 heavy (non-hydrogen) atoms. The third-order valence-electron chi connectivity index (χ3n) is 7.77. The number of aromatic nitrogens is 4. The summed E-state index contributed by atoms with van der Waals surface area (Å²) in [5, 5.41) is 20.0. The highest BCUT2D eigenvalue weighted by Crippen LogP contribution is 2.42. The van der Waals surface area contributed by atoms with E-state index in [1.54, 1.807) is 37.6 Å². The molecule has 1 aliphatic rings. The third-order valence-corrected chi connectivity index (χ3v) is 8.08. The summed E-state index contributed by atoms with van der Waals surface area (Å²) in [7, 11) is 1.66. The first-order valence-corrected chi connectivity index (χ1v) is 13.6. The third kappa shape index (κ3) is 4.55. The predicted molar refractivity (Wildman–Crippen MR) is 157 cm³/mol. The molecular formula is C30H30ClFN6O2. The summed E-state index contributed by atoms with van der Waals surface area (Å²) in [4.78, 5) is 17.2. The number of halogens is 2. The Morgan fingerprint density at radius 2 is 1.70 bits per heavy atom. The van der Waals surface area contributed by atoms with E-state index in [-0.39, 0.29) is 11.4 Å². The number of imidazole rings is 1. The topological polar surface area (TPSA) is 82.3 Å². The van der Waals surface area contributed by atoms with Crippen LogP contribution in [-0.2, 0) is 7.05 Å². The van der Waals surface area contributed by atoms with Gasteiger partial charge in [0.25, 0.3) is 0 Å². The van der Waals surface area contributed by atoms with E-state index in [1.165, 1.54) is 21.3 Å². The minimum atomic E-state index is -0.487. The highest BCUT2D eigenvalue weighted by molar-refractivity contribution is 6.32. The first kappa shape index (κ1) is 26.2. The van der Waals surface area contributed by atoms with Crippen molar-refractivity contribution in [1.82, 2.24) is 24.2 Å². The molecule has 6 rings (SSSR count). The van der Waals surface area contributed by atoms with Gasteiger partial charge in [0.2, 0.25) is 0 Å². The minimum Gasteiger partial charge on any atom is -0.507 e. The summed E-state index contributed by atoms with van der Waals surface area (Å²) < 4.78 is 18.0. The fraction of sp³-hybridized carbons (Fsp3) is 0.267. The van der Waals surface area contributed by atoms with E-state index in [4.69, 9.17) is 11.6 Å². The maximum atomic E-state index is 15.1. The minimum absolute atomic E-state index is 0.0588. The van der Waals surface area contributed by atoms with Gasteiger partial charge in [-0.25, -0.2) is 9.18 Å². The smallest absolute Gasteiger partial charge is 0.332 e. The molecule has 3 heterocycles. The average molecular weight is 561 g/mol. The molecule has 1 fully saturated rings. The molecule has 0 aliphatic carbocycles. The molecule has 10 heteroatoms. The van der Waals surface area contributed by atoms with Gasteiger partial charge < -0.3 is 14.6 Å². The Labute approximate surface area is 235 Å². The number of anilines is 1. The van der Waals surface area contributed by atoms with E-state index in [9.17, 15) is 9.90 Å². The molecule has 2 aromatic heterocycles. The van der Waals surface area contributed by atoms with Crippen LogP contribution in [0, 0.1) is 5.82 Å². The van der Waals surface area contributed by atoms with Crippen molar-refractivity contribution < 1.29 is 9.50 Å². The molecule has 1 aliphatic heterocycles. The molecule has 206 valence electrons. The van der Waals surface area contributed by atoms with Crippen LogP contribution in [0.15, 0.2) is 65.8 Å². The maximum Gasteiger partial charge on any atom is 0.332 e. The molecule has 0 atom stereocenters. The maximum absolute atomic E-state index is 15.1. The lowest BCUT2D eigenvalue weighted by Gasteiger charge is -2.38. The van der Waals surface area contributed by atoms with Gasteiger partial charge >= 0.3 is 5.69 Å². The van der Waals surface area contributed by atoms with Crippen molar-refractivity contribution in [2.24, 2.45) is 7.05 Å². The lowest BCUT2D eigenvalue weighted by molar-refractivity contribution is 0.209. The van der Waals surface area contributed by atoms with Crippen LogP contribution in [0.25, 0.3) is 38.8 Å². The number of rotatable bonds is 5. The van der Waals surface area contributed by atoms with E-state index in [0.29, 0.717) is 39.0 Å². The molecule has 8 nitrogen and oxygen atoms in total. The second kappa shape index (κ2) is 10.1. The number of hydrogen-bond donors (Lipinski definition) is 2. The zero-order valence-electron chi connectivity index (χ0n) is 22.5. The molecular weight excluding hydrogens is 531 g/mol. The number of aryl methyl sites for hydroxylation is 1. The first-order valence-electron chi connectivity index (χ1n) is 13.2. The second-order valence-corrected chi connectivity index (χ2v) is 10.9. The standard InChI is InChI=1S/C30H30ClFN6O2/c1-18(2)36-7-9-37(10-8-36)28-14-20(13-26-24(28)17-33-34-26)23-16-21(32)15-22(29(23)39)19-4-5-27(25(31)12-19)38-11-6-35(3)30(38)40/h4-6,11-18,39H,7-10H2,1-3H3,(H,33,34). The van der Waals surface area contributed by atoms with Gasteiger partial charge in [-0.1, -0.05) is 17.7 Å². The van der Waals surface area contributed by atoms with Crippen molar-refractivity contribution in [3.05, 3.63) is 82.4 Å². The van der Waals surface area contributed by atoms with E-state index in [2.05, 4.69) is 33.8 Å². The summed E-state index contributed by atoms with van der Waals surface area (Å²) in [6.45, 7) is 8.02. The first-order chi connectivity index (χ1) is 19.2. The summed E-state index contributed by atoms with van der Waals surface area (Å²) in [6.07, 6.45) is 5.08. The van der Waals surface area contributed by atoms with Crippen LogP contribution in [0.3, 0.4) is 0 Å². The van der Waals surface area contributed by atoms with Crippen LogP contribution in [0.1, 0.15) is 13.8 Å². The number of phenolic OH excluding ortho intramolecular Hbond substituents is 1. The molecule has 0 amide bonds. The number of hydrogen-bond acceptors (Lipinski definition) is 5. The van der Waals surface area contributed by atoms with E-state index < -0.39 is 5.82 Å². The number of aromatic hydroxyl groups is 1. The monoisotopic (exact) mass is 560 g/mol. The lowest BCUT2D eigenvalue weighted by atomic mass is 9.95. The van der Waals surface area contributed by atoms with Gasteiger partial charge in [-0.3, -0.25) is 14.6 Å². The molecule has 5 aromatic rings. The van der Waals surface area contributed by atoms with Gasteiger partial charge in [0, 0.05) is 73.9 Å². The van der Waals surface area contributed by atoms with Crippen molar-refractivity contribution in [2.75, 3.05) is 31.1 Å². The second-order valence-electron chi connectivity index (χ2n) is 10.5. The Morgan fingerprint density at radius 3 is 2.35 bits per heavy atom. The molecule has 0 bridgehead atoms. The number of H-pyrrole nitrogens is 1. The van der Waals surface area contributed by atoms with E-state index in [0.717, 1.165) is 42.8 Å². The zero-order valence-corrected chi connectivity index (χ0v) is 23.3. The number of nitrogens with one attached hydrogen (secondary N) is 1. The normalized spacial score (nSPS) is 14.5. The Morgan fingerprint density at radius 1 is 0.975 bits per heavy atom. The number of phenols is 1. The van der Waals surface area contributed by atoms with Gasteiger partial charge in [0.15, 0.2) is 0 Å². The lowest BCUT2D eigenvalue weighted by Crippen LogP contribution is -2.48. The van der Waals surface area contributed by atoms with Gasteiger partial charge in [-0.15, -0.1) is 0 Å². The van der Waals surface area contributed by atoms with Crippen molar-refractivity contribution in [2.45, 2.75) is 19.9 Å². The van der Waals surface area contributed by atoms with Gasteiger partial charge in [0.05, 0.1) is 22.4 Å². The molecule has 2 N–H and O–H groups in total. The highest BCUT2D eigenvalue weighted by atomic mass is 35.5. The Hall–Kier alpha value is -4.08. The predicted octanol–water partition coefficient (Wildman–Crippen LogP) is 5.41. The summed E-state index contributed by atoms with van der Waals surface area (Å²) in [6, 6.07) is 12.0. The van der Waals surface area contributed by atoms with Crippen LogP contribution in [0.2, 0.25) is 5.02 Å². The van der Waals surface area contributed by atoms with Crippen LogP contribution >= 0.6 is 11.6 Å². The fourth-order valence-electron chi connectivity index (χ4n) is 5.49. The number of nitrogens with zero attached hydrogens (tertiary/aromatic N) is 5. The van der Waals surface area contributed by atoms with Crippen LogP contribution in [-0.4, -0.2) is 61.6 Å². The molecule has 0 unspecified atom stereocenters. The van der Waals surface area contributed by atoms with Crippen molar-refractivity contribution in [3.63, 3.8) is 0 Å². The van der Waals surface area contributed by atoms with Crippen molar-refractivity contribution >= 4 is 28.2 Å². The number of benzene rings is 3. The van der Waals surface area contributed by atoms with Crippen LogP contribution < -0.4 is 10.6 Å². The SMILES string of the molecule is CC(C)N1CCN(c2cc(-c3cc(F)cc(-c4ccc(-n5ccn(C)c5=O)c(Cl)c4)c3O)cc3[nH]ncc23)CC1. The summed E-state index contributed by atoms with van der Waals surface area (Å²) >= 11 is 6.57. The number of piperazine rings is 1. The van der Waals surface area contributed by atoms with E-state index >= 15 is 4.39 Å². The fourth-order valence-corrected chi connectivity index (χ4v) is 5.76. The molecule has 0 spiro atoms. The molecule has 0 radical (unpaired) electrons. The summed E-state index contributed by atoms with van der Waals surface area (Å²) in [5.41, 5.74) is 3.95. The number of fused-ring (bicyclic) bond motifs is 1. The zero-order chi connectivity index (χ0) is 28.1. The van der Waals surface area contributed by atoms with Gasteiger partial charge in [-0.2, -0.15) is 5.10 Å². The Bertz CT molecular complexity index is 1780. The Kier molecular flexibility index (Phi) is 6.64. The molecule has 1 saturated heterocycles. The van der Waals surface area contributed by atoms with Crippen LogP contribution in [0.5, 0.6) is 5.75 Å². The Balaban J connectivity index is 1.41. The highest BCUT2D eigenvalue weighted by Gasteiger charge is 2.23. The van der Waals surface area contributed by atoms with Gasteiger partial charge in [-0.05, 0) is 61.4 Å². The van der Waals surface area contributed by atoms with Crippen molar-refractivity contribution in [1.29, 1.82) is 0 Å². The quantitative estimate of drug-likeness (QED) is 0.300. The van der Waals surface area contributed by atoms with E-state index in [1.807, 2.05) is 18.3 Å². The summed E-state index contributed by atoms with van der Waals surface area (Å²) in [5.74, 6) is -0.546. The largest absolute Gasteiger partial charge is 0.507 e. The van der Waals surface area contributed by atoms with Crippen molar-refractivity contribution in [3.8, 4) is 33.7 Å². The van der Waals surface area contributed by atoms with Gasteiger partial charge in [0.1, 0.15) is 11.6 Å². The number of aromatic amines is 1. The molecule has 3 aromatic carbocycles. The average Bonchev–Trinajstić information content (AvgIpc) is 3.55. The van der Waals surface area contributed by atoms with Crippen LogP contribution in [0.4, 0.5) is 10.1 Å². The molecule has 0 saturated carbocycles.